The number of nitrogens with zero attached hydrogens (tertiary/aromatic N) is 1. The molecule has 0 aromatic carbocycles. The first-order valence-corrected chi connectivity index (χ1v) is 10.4. The summed E-state index contributed by atoms with van der Waals surface area (Å²) >= 11 is 0. The second-order valence-electron chi connectivity index (χ2n) is 7.67. The smallest absolute Gasteiger partial charge is 0.338 e. The molecule has 0 spiro atoms. The SMILES string of the molecule is CCOC(=O)C1=C(COC(=O)[C@H]2CC(=O)N(C3CCCC3)C2)NC(=O)N[C@@H]1CC. The van der Waals surface area contributed by atoms with Crippen molar-refractivity contribution in [1.29, 1.82) is 0 Å². The van der Waals surface area contributed by atoms with E-state index >= 15 is 0 Å². The standard InChI is InChI=1S/C20H29N3O6/c1-3-14-17(19(26)28-4-2)15(22-20(27)21-14)11-29-18(25)12-9-16(24)23(10-12)13-7-5-6-8-13/h12-14H,3-11H2,1-2H3,(H2,21,22,27)/t12-,14+/m0/s1. The van der Waals surface area contributed by atoms with Crippen LogP contribution in [0.2, 0.25) is 0 Å². The van der Waals surface area contributed by atoms with E-state index < -0.39 is 29.9 Å². The Morgan fingerprint density at radius 3 is 2.52 bits per heavy atom. The Hall–Kier alpha value is -2.58. The molecule has 0 radical (unpaired) electrons. The average molecular weight is 407 g/mol. The molecule has 0 bridgehead atoms. The minimum absolute atomic E-state index is 0.00788. The lowest BCUT2D eigenvalue weighted by Gasteiger charge is -2.28. The van der Waals surface area contributed by atoms with Crippen LogP contribution in [0.4, 0.5) is 4.79 Å². The second kappa shape index (κ2) is 9.28. The van der Waals surface area contributed by atoms with E-state index in [4.69, 9.17) is 9.47 Å². The highest BCUT2D eigenvalue weighted by Crippen LogP contribution is 2.30. The molecule has 29 heavy (non-hydrogen) atoms. The summed E-state index contributed by atoms with van der Waals surface area (Å²) in [5, 5.41) is 5.22. The van der Waals surface area contributed by atoms with E-state index in [9.17, 15) is 19.2 Å². The minimum atomic E-state index is -0.554. The van der Waals surface area contributed by atoms with E-state index in [1.54, 1.807) is 6.92 Å². The van der Waals surface area contributed by atoms with Crippen LogP contribution in [0.3, 0.4) is 0 Å². The highest BCUT2D eigenvalue weighted by atomic mass is 16.5. The number of carbonyl (C=O) groups is 4. The number of amides is 3. The van der Waals surface area contributed by atoms with Crippen LogP contribution in [0.5, 0.6) is 0 Å². The van der Waals surface area contributed by atoms with Crippen molar-refractivity contribution in [3.05, 3.63) is 11.3 Å². The second-order valence-corrected chi connectivity index (χ2v) is 7.67. The number of ether oxygens (including phenoxy) is 2. The van der Waals surface area contributed by atoms with Gasteiger partial charge < -0.3 is 25.0 Å². The van der Waals surface area contributed by atoms with Gasteiger partial charge in [0.1, 0.15) is 6.61 Å². The maximum atomic E-state index is 12.6. The molecule has 3 rings (SSSR count). The number of likely N-dealkylation sites (tertiary alicyclic amines) is 1. The molecule has 9 nitrogen and oxygen atoms in total. The zero-order valence-corrected chi connectivity index (χ0v) is 17.0. The van der Waals surface area contributed by atoms with Gasteiger partial charge >= 0.3 is 18.0 Å². The Kier molecular flexibility index (Phi) is 6.76. The minimum Gasteiger partial charge on any atom is -0.463 e. The summed E-state index contributed by atoms with van der Waals surface area (Å²) < 4.78 is 10.5. The first kappa shape index (κ1) is 21.1. The van der Waals surface area contributed by atoms with Crippen molar-refractivity contribution in [2.75, 3.05) is 19.8 Å². The molecule has 0 aromatic rings. The van der Waals surface area contributed by atoms with Crippen LogP contribution in [-0.4, -0.2) is 60.6 Å². The molecule has 3 amide bonds. The first-order chi connectivity index (χ1) is 13.9. The lowest BCUT2D eigenvalue weighted by molar-refractivity contribution is -0.148. The predicted molar refractivity (Wildman–Crippen MR) is 102 cm³/mol. The van der Waals surface area contributed by atoms with Gasteiger partial charge in [-0.25, -0.2) is 9.59 Å². The Balaban J connectivity index is 1.66. The molecule has 2 fully saturated rings. The molecule has 0 aromatic heterocycles. The van der Waals surface area contributed by atoms with Gasteiger partial charge in [0.15, 0.2) is 0 Å². The third-order valence-corrected chi connectivity index (χ3v) is 5.76. The lowest BCUT2D eigenvalue weighted by Crippen LogP contribution is -2.51. The van der Waals surface area contributed by atoms with Gasteiger partial charge in [-0.05, 0) is 26.2 Å². The Bertz CT molecular complexity index is 713. The Morgan fingerprint density at radius 2 is 1.86 bits per heavy atom. The summed E-state index contributed by atoms with van der Waals surface area (Å²) in [6.45, 7) is 3.85. The van der Waals surface area contributed by atoms with E-state index in [1.165, 1.54) is 0 Å². The van der Waals surface area contributed by atoms with Crippen LogP contribution < -0.4 is 10.6 Å². The normalized spacial score (nSPS) is 25.1. The van der Waals surface area contributed by atoms with Gasteiger partial charge in [-0.15, -0.1) is 0 Å². The maximum Gasteiger partial charge on any atom is 0.338 e. The number of esters is 2. The molecule has 0 unspecified atom stereocenters. The van der Waals surface area contributed by atoms with E-state index in [0.29, 0.717) is 13.0 Å². The van der Waals surface area contributed by atoms with Crippen molar-refractivity contribution in [1.82, 2.24) is 15.5 Å². The molecule has 2 heterocycles. The van der Waals surface area contributed by atoms with E-state index in [1.807, 2.05) is 11.8 Å². The van der Waals surface area contributed by atoms with E-state index in [2.05, 4.69) is 10.6 Å². The predicted octanol–water partition coefficient (Wildman–Crippen LogP) is 1.23. The fourth-order valence-electron chi connectivity index (χ4n) is 4.30. The van der Waals surface area contributed by atoms with Crippen molar-refractivity contribution in [2.24, 2.45) is 5.92 Å². The number of carbonyl (C=O) groups excluding carboxylic acids is 4. The Morgan fingerprint density at radius 1 is 1.14 bits per heavy atom. The summed E-state index contributed by atoms with van der Waals surface area (Å²) in [5.41, 5.74) is 0.487. The van der Waals surface area contributed by atoms with Crippen LogP contribution >= 0.6 is 0 Å². The number of rotatable bonds is 7. The van der Waals surface area contributed by atoms with Crippen molar-refractivity contribution in [3.63, 3.8) is 0 Å². The third-order valence-electron chi connectivity index (χ3n) is 5.76. The van der Waals surface area contributed by atoms with Gasteiger partial charge in [0.2, 0.25) is 5.91 Å². The van der Waals surface area contributed by atoms with Gasteiger partial charge in [-0.1, -0.05) is 19.8 Å². The zero-order chi connectivity index (χ0) is 21.0. The fraction of sp³-hybridized carbons (Fsp3) is 0.700. The molecule has 3 aliphatic rings. The van der Waals surface area contributed by atoms with Crippen LogP contribution in [0.15, 0.2) is 11.3 Å². The van der Waals surface area contributed by atoms with Crippen LogP contribution in [0, 0.1) is 5.92 Å². The van der Waals surface area contributed by atoms with Crippen molar-refractivity contribution in [3.8, 4) is 0 Å². The monoisotopic (exact) mass is 407 g/mol. The quantitative estimate of drug-likeness (QED) is 0.614. The van der Waals surface area contributed by atoms with Gasteiger partial charge in [-0.3, -0.25) is 9.59 Å². The molecule has 2 aliphatic heterocycles. The molecule has 1 aliphatic carbocycles. The number of urea groups is 1. The molecule has 2 atom stereocenters. The summed E-state index contributed by atoms with van der Waals surface area (Å²) in [7, 11) is 0. The molecule has 1 saturated carbocycles. The molecule has 9 heteroatoms. The van der Waals surface area contributed by atoms with Gasteiger partial charge in [0, 0.05) is 19.0 Å². The highest BCUT2D eigenvalue weighted by Gasteiger charge is 2.40. The summed E-state index contributed by atoms with van der Waals surface area (Å²) in [4.78, 5) is 50.9. The fourth-order valence-corrected chi connectivity index (χ4v) is 4.30. The highest BCUT2D eigenvalue weighted by molar-refractivity contribution is 5.95. The molecule has 160 valence electrons. The number of nitrogens with one attached hydrogen (secondary N) is 2. The average Bonchev–Trinajstić information content (AvgIpc) is 3.35. The Labute approximate surface area is 170 Å². The van der Waals surface area contributed by atoms with Crippen molar-refractivity contribution >= 4 is 23.9 Å². The molecular weight excluding hydrogens is 378 g/mol. The summed E-state index contributed by atoms with van der Waals surface area (Å²) in [6, 6.07) is -0.741. The van der Waals surface area contributed by atoms with Gasteiger partial charge in [0.05, 0.1) is 29.8 Å². The van der Waals surface area contributed by atoms with Crippen LogP contribution in [0.25, 0.3) is 0 Å². The van der Waals surface area contributed by atoms with E-state index in [0.717, 1.165) is 25.7 Å². The topological polar surface area (TPSA) is 114 Å². The van der Waals surface area contributed by atoms with Gasteiger partial charge in [-0.2, -0.15) is 0 Å². The maximum absolute atomic E-state index is 12.6. The lowest BCUT2D eigenvalue weighted by atomic mass is 10.0. The molecular formula is C20H29N3O6. The van der Waals surface area contributed by atoms with Crippen LogP contribution in [-0.2, 0) is 23.9 Å². The molecule has 2 N–H and O–H groups in total. The zero-order valence-electron chi connectivity index (χ0n) is 17.0. The van der Waals surface area contributed by atoms with Gasteiger partial charge in [0.25, 0.3) is 0 Å². The number of hydrogen-bond donors (Lipinski definition) is 2. The number of hydrogen-bond acceptors (Lipinski definition) is 6. The van der Waals surface area contributed by atoms with Crippen molar-refractivity contribution < 1.29 is 28.7 Å². The third kappa shape index (κ3) is 4.71. The summed E-state index contributed by atoms with van der Waals surface area (Å²) in [5.74, 6) is -1.57. The largest absolute Gasteiger partial charge is 0.463 e. The van der Waals surface area contributed by atoms with Crippen molar-refractivity contribution in [2.45, 2.75) is 64.5 Å². The molecule has 1 saturated heterocycles. The first-order valence-electron chi connectivity index (χ1n) is 10.4. The van der Waals surface area contributed by atoms with Crippen LogP contribution in [0.1, 0.15) is 52.4 Å². The summed E-state index contributed by atoms with van der Waals surface area (Å²) in [6.07, 6.45) is 4.83. The van der Waals surface area contributed by atoms with E-state index in [-0.39, 0.29) is 42.9 Å².